The Labute approximate surface area is 222 Å². The molecule has 0 aliphatic carbocycles. The first-order chi connectivity index (χ1) is 17.5. The summed E-state index contributed by atoms with van der Waals surface area (Å²) in [5.41, 5.74) is 1.37. The van der Waals surface area contributed by atoms with Crippen molar-refractivity contribution in [1.82, 2.24) is 9.88 Å². The van der Waals surface area contributed by atoms with Gasteiger partial charge in [-0.2, -0.15) is 0 Å². The van der Waals surface area contributed by atoms with Crippen LogP contribution in [0.1, 0.15) is 45.0 Å². The van der Waals surface area contributed by atoms with Gasteiger partial charge in [0.15, 0.2) is 16.6 Å². The number of rotatable bonds is 14. The van der Waals surface area contributed by atoms with E-state index in [1.54, 1.807) is 28.8 Å². The van der Waals surface area contributed by atoms with Crippen LogP contribution in [0.15, 0.2) is 35.2 Å². The van der Waals surface area contributed by atoms with E-state index >= 15 is 0 Å². The van der Waals surface area contributed by atoms with E-state index in [0.717, 1.165) is 29.9 Å². The Hall–Kier alpha value is -2.49. The van der Waals surface area contributed by atoms with Gasteiger partial charge in [-0.15, -0.1) is 11.8 Å². The number of ether oxygens (including phenoxy) is 3. The summed E-state index contributed by atoms with van der Waals surface area (Å²) in [6.45, 7) is 14.5. The Morgan fingerprint density at radius 2 is 1.56 bits per heavy atom. The van der Waals surface area contributed by atoms with Crippen LogP contribution in [0.5, 0.6) is 17.2 Å². The fourth-order valence-corrected chi connectivity index (χ4v) is 5.41. The number of benzene rings is 2. The minimum Gasteiger partial charge on any atom is -0.490 e. The smallest absolute Gasteiger partial charge is 0.260 e. The summed E-state index contributed by atoms with van der Waals surface area (Å²) in [5.74, 6) is 1.39. The zero-order valence-corrected chi connectivity index (χ0v) is 23.8. The standard InChI is InChI=1S/C27H37N3O4S2/c1-7-29(8-2)14-15-30(27-28-21-13-12-20(35-6)18-24(21)36-27)26(31)19-16-22(32-9-3)25(34-11-5)23(17-19)33-10-4/h12-13,16-18H,7-11,14-15H2,1-6H3. The van der Waals surface area contributed by atoms with E-state index in [1.165, 1.54) is 16.2 Å². The second-order valence-electron chi connectivity index (χ2n) is 7.91. The SMILES string of the molecule is CCOc1cc(C(=O)N(CCN(CC)CC)c2nc3ccc(SC)cc3s2)cc(OCC)c1OCC. The molecule has 0 spiro atoms. The van der Waals surface area contributed by atoms with Gasteiger partial charge in [-0.25, -0.2) is 4.98 Å². The molecule has 3 aromatic rings. The highest BCUT2D eigenvalue weighted by atomic mass is 32.2. The predicted octanol–water partition coefficient (Wildman–Crippen LogP) is 6.20. The summed E-state index contributed by atoms with van der Waals surface area (Å²) in [6, 6.07) is 9.72. The second kappa shape index (κ2) is 13.7. The van der Waals surface area contributed by atoms with Crippen LogP contribution in [0, 0.1) is 0 Å². The highest BCUT2D eigenvalue weighted by Crippen LogP contribution is 2.40. The van der Waals surface area contributed by atoms with Gasteiger partial charge in [-0.3, -0.25) is 9.69 Å². The molecule has 0 unspecified atom stereocenters. The van der Waals surface area contributed by atoms with Crippen LogP contribution in [-0.4, -0.2) is 68.0 Å². The molecule has 9 heteroatoms. The number of anilines is 1. The first kappa shape index (κ1) is 28.1. The molecule has 0 aliphatic heterocycles. The van der Waals surface area contributed by atoms with Gasteiger partial charge in [0.2, 0.25) is 5.75 Å². The molecule has 1 heterocycles. The van der Waals surface area contributed by atoms with E-state index in [-0.39, 0.29) is 5.91 Å². The third-order valence-electron chi connectivity index (χ3n) is 5.75. The fraction of sp³-hybridized carbons (Fsp3) is 0.481. The van der Waals surface area contributed by atoms with Gasteiger partial charge in [0.05, 0.1) is 30.0 Å². The van der Waals surface area contributed by atoms with Crippen molar-refractivity contribution in [2.24, 2.45) is 0 Å². The first-order valence-corrected chi connectivity index (χ1v) is 14.6. The lowest BCUT2D eigenvalue weighted by atomic mass is 10.1. The molecular weight excluding hydrogens is 494 g/mol. The summed E-state index contributed by atoms with van der Waals surface area (Å²) >= 11 is 3.23. The average molecular weight is 532 g/mol. The van der Waals surface area contributed by atoms with Crippen molar-refractivity contribution >= 4 is 44.4 Å². The summed E-state index contributed by atoms with van der Waals surface area (Å²) in [6.07, 6.45) is 2.06. The van der Waals surface area contributed by atoms with Crippen LogP contribution < -0.4 is 19.1 Å². The number of nitrogens with zero attached hydrogens (tertiary/aromatic N) is 3. The molecule has 0 aliphatic rings. The molecule has 0 N–H and O–H groups in total. The molecule has 0 atom stereocenters. The van der Waals surface area contributed by atoms with Gasteiger partial charge in [0.25, 0.3) is 5.91 Å². The van der Waals surface area contributed by atoms with Gasteiger partial charge in [0.1, 0.15) is 0 Å². The Morgan fingerprint density at radius 3 is 2.11 bits per heavy atom. The number of aromatic nitrogens is 1. The van der Waals surface area contributed by atoms with E-state index in [2.05, 4.69) is 37.1 Å². The maximum Gasteiger partial charge on any atom is 0.260 e. The molecule has 1 amide bonds. The highest BCUT2D eigenvalue weighted by molar-refractivity contribution is 7.98. The van der Waals surface area contributed by atoms with Crippen molar-refractivity contribution in [2.45, 2.75) is 39.5 Å². The zero-order chi connectivity index (χ0) is 26.1. The number of fused-ring (bicyclic) bond motifs is 1. The summed E-state index contributed by atoms with van der Waals surface area (Å²) in [7, 11) is 0. The molecule has 2 aromatic carbocycles. The molecule has 196 valence electrons. The number of carbonyl (C=O) groups is 1. The lowest BCUT2D eigenvalue weighted by Crippen LogP contribution is -2.38. The Kier molecular flexibility index (Phi) is 10.7. The largest absolute Gasteiger partial charge is 0.490 e. The van der Waals surface area contributed by atoms with E-state index in [9.17, 15) is 4.79 Å². The number of thiazole rings is 1. The van der Waals surface area contributed by atoms with E-state index in [0.29, 0.717) is 54.3 Å². The van der Waals surface area contributed by atoms with Gasteiger partial charge in [-0.1, -0.05) is 25.2 Å². The summed E-state index contributed by atoms with van der Waals surface area (Å²) in [4.78, 5) is 24.1. The van der Waals surface area contributed by atoms with Gasteiger partial charge >= 0.3 is 0 Å². The normalized spacial score (nSPS) is 11.2. The van der Waals surface area contributed by atoms with Gasteiger partial charge in [0, 0.05) is 23.5 Å². The molecule has 0 bridgehead atoms. The van der Waals surface area contributed by atoms with Crippen LogP contribution >= 0.6 is 23.1 Å². The van der Waals surface area contributed by atoms with E-state index in [4.69, 9.17) is 19.2 Å². The van der Waals surface area contributed by atoms with Crippen LogP contribution in [0.3, 0.4) is 0 Å². The number of hydrogen-bond donors (Lipinski definition) is 0. The lowest BCUT2D eigenvalue weighted by molar-refractivity contribution is 0.0982. The molecule has 1 aromatic heterocycles. The maximum atomic E-state index is 14.0. The highest BCUT2D eigenvalue weighted by Gasteiger charge is 2.25. The lowest BCUT2D eigenvalue weighted by Gasteiger charge is -2.25. The quantitative estimate of drug-likeness (QED) is 0.229. The van der Waals surface area contributed by atoms with Crippen molar-refractivity contribution in [3.8, 4) is 17.2 Å². The number of hydrogen-bond acceptors (Lipinski definition) is 8. The molecule has 0 saturated heterocycles. The molecule has 7 nitrogen and oxygen atoms in total. The molecular formula is C27H37N3O4S2. The average Bonchev–Trinajstić information content (AvgIpc) is 3.31. The predicted molar refractivity (Wildman–Crippen MR) is 151 cm³/mol. The molecule has 0 fully saturated rings. The van der Waals surface area contributed by atoms with Crippen molar-refractivity contribution in [3.63, 3.8) is 0 Å². The summed E-state index contributed by atoms with van der Waals surface area (Å²) in [5, 5.41) is 0.685. The maximum absolute atomic E-state index is 14.0. The van der Waals surface area contributed by atoms with Gasteiger partial charge < -0.3 is 19.1 Å². The van der Waals surface area contributed by atoms with Crippen molar-refractivity contribution in [3.05, 3.63) is 35.9 Å². The minimum absolute atomic E-state index is 0.142. The Bertz CT molecular complexity index is 1120. The van der Waals surface area contributed by atoms with Crippen molar-refractivity contribution in [1.29, 1.82) is 0 Å². The van der Waals surface area contributed by atoms with Crippen LogP contribution in [0.2, 0.25) is 0 Å². The number of likely N-dealkylation sites (N-methyl/N-ethyl adjacent to an activating group) is 1. The zero-order valence-electron chi connectivity index (χ0n) is 22.1. The monoisotopic (exact) mass is 531 g/mol. The Morgan fingerprint density at radius 1 is 0.917 bits per heavy atom. The number of thioether (sulfide) groups is 1. The van der Waals surface area contributed by atoms with Crippen LogP contribution in [0.4, 0.5) is 5.13 Å². The first-order valence-electron chi connectivity index (χ1n) is 12.5. The summed E-state index contributed by atoms with van der Waals surface area (Å²) < 4.78 is 18.6. The third kappa shape index (κ3) is 6.63. The second-order valence-corrected chi connectivity index (χ2v) is 9.80. The molecule has 0 saturated carbocycles. The van der Waals surface area contributed by atoms with Crippen molar-refractivity contribution in [2.75, 3.05) is 57.2 Å². The number of carbonyl (C=O) groups excluding carboxylic acids is 1. The molecule has 0 radical (unpaired) electrons. The topological polar surface area (TPSA) is 64.1 Å². The number of amides is 1. The van der Waals surface area contributed by atoms with E-state index < -0.39 is 0 Å². The molecule has 3 rings (SSSR count). The van der Waals surface area contributed by atoms with Crippen LogP contribution in [0.25, 0.3) is 10.2 Å². The third-order valence-corrected chi connectivity index (χ3v) is 7.52. The van der Waals surface area contributed by atoms with Crippen molar-refractivity contribution < 1.29 is 19.0 Å². The Balaban J connectivity index is 2.07. The van der Waals surface area contributed by atoms with Gasteiger partial charge in [-0.05, 0) is 70.4 Å². The fourth-order valence-electron chi connectivity index (χ4n) is 3.87. The van der Waals surface area contributed by atoms with Crippen LogP contribution in [-0.2, 0) is 0 Å². The van der Waals surface area contributed by atoms with E-state index in [1.807, 2.05) is 26.8 Å². The molecule has 36 heavy (non-hydrogen) atoms. The minimum atomic E-state index is -0.142.